The molecule has 0 bridgehead atoms. The van der Waals surface area contributed by atoms with Gasteiger partial charge in [-0.05, 0) is 25.1 Å². The molecule has 0 aliphatic heterocycles. The summed E-state index contributed by atoms with van der Waals surface area (Å²) in [6.07, 6.45) is 0. The van der Waals surface area contributed by atoms with Gasteiger partial charge in [-0.2, -0.15) is 0 Å². The van der Waals surface area contributed by atoms with Crippen molar-refractivity contribution in [2.75, 3.05) is 7.11 Å². The van der Waals surface area contributed by atoms with E-state index in [-0.39, 0.29) is 0 Å². The van der Waals surface area contributed by atoms with E-state index >= 15 is 0 Å². The summed E-state index contributed by atoms with van der Waals surface area (Å²) < 4.78 is 10.2. The molecule has 88 valence electrons. The SMILES string of the molecule is COC(=O)c1cc(-c2ccccc2Cl)oc1C. The van der Waals surface area contributed by atoms with Gasteiger partial charge in [0.2, 0.25) is 0 Å². The van der Waals surface area contributed by atoms with Crippen molar-refractivity contribution in [3.8, 4) is 11.3 Å². The maximum absolute atomic E-state index is 11.4. The molecule has 1 aromatic carbocycles. The number of hydrogen-bond donors (Lipinski definition) is 0. The number of furan rings is 1. The summed E-state index contributed by atoms with van der Waals surface area (Å²) in [5, 5.41) is 0.581. The number of rotatable bonds is 2. The van der Waals surface area contributed by atoms with Crippen molar-refractivity contribution in [3.63, 3.8) is 0 Å². The minimum atomic E-state index is -0.412. The Morgan fingerprint density at radius 3 is 2.71 bits per heavy atom. The van der Waals surface area contributed by atoms with E-state index in [0.29, 0.717) is 22.1 Å². The molecule has 0 atom stereocenters. The van der Waals surface area contributed by atoms with Crippen LogP contribution in [0, 0.1) is 6.92 Å². The Labute approximate surface area is 104 Å². The minimum Gasteiger partial charge on any atom is -0.465 e. The molecule has 0 aliphatic rings. The summed E-state index contributed by atoms with van der Waals surface area (Å²) in [6, 6.07) is 8.94. The molecule has 2 aromatic rings. The lowest BCUT2D eigenvalue weighted by Crippen LogP contribution is -2.00. The van der Waals surface area contributed by atoms with E-state index in [1.165, 1.54) is 7.11 Å². The third-order valence-electron chi connectivity index (χ3n) is 2.46. The second-order valence-corrected chi connectivity index (χ2v) is 3.96. The van der Waals surface area contributed by atoms with E-state index in [1.54, 1.807) is 19.1 Å². The van der Waals surface area contributed by atoms with Crippen LogP contribution in [0.25, 0.3) is 11.3 Å². The Balaban J connectivity index is 2.49. The van der Waals surface area contributed by atoms with Crippen LogP contribution in [0.15, 0.2) is 34.7 Å². The Morgan fingerprint density at radius 1 is 1.35 bits per heavy atom. The van der Waals surface area contributed by atoms with Gasteiger partial charge < -0.3 is 9.15 Å². The lowest BCUT2D eigenvalue weighted by molar-refractivity contribution is 0.0599. The number of hydrogen-bond acceptors (Lipinski definition) is 3. The molecule has 0 amide bonds. The molecule has 0 aliphatic carbocycles. The number of ether oxygens (including phenoxy) is 1. The summed E-state index contributed by atoms with van der Waals surface area (Å²) in [5.74, 6) is 0.671. The Morgan fingerprint density at radius 2 is 2.06 bits per heavy atom. The third kappa shape index (κ3) is 2.19. The number of benzene rings is 1. The van der Waals surface area contributed by atoms with Crippen molar-refractivity contribution in [1.29, 1.82) is 0 Å². The molecule has 1 aromatic heterocycles. The van der Waals surface area contributed by atoms with Crippen LogP contribution in [0.1, 0.15) is 16.1 Å². The first-order chi connectivity index (χ1) is 8.13. The zero-order valence-electron chi connectivity index (χ0n) is 9.49. The average molecular weight is 251 g/mol. The fourth-order valence-corrected chi connectivity index (χ4v) is 1.82. The van der Waals surface area contributed by atoms with Crippen LogP contribution in [0.5, 0.6) is 0 Å². The molecule has 17 heavy (non-hydrogen) atoms. The molecule has 1 heterocycles. The Bertz CT molecular complexity index is 558. The standard InChI is InChI=1S/C13H11ClO3/c1-8-10(13(15)16-2)7-12(17-8)9-5-3-4-6-11(9)14/h3-7H,1-2H3. The first-order valence-corrected chi connectivity index (χ1v) is 5.45. The van der Waals surface area contributed by atoms with Gasteiger partial charge in [-0.1, -0.05) is 23.7 Å². The number of aryl methyl sites for hydroxylation is 1. The van der Waals surface area contributed by atoms with E-state index in [1.807, 2.05) is 18.2 Å². The molecule has 0 unspecified atom stereocenters. The number of carbonyl (C=O) groups is 1. The van der Waals surface area contributed by atoms with Gasteiger partial charge in [0, 0.05) is 5.56 Å². The lowest BCUT2D eigenvalue weighted by atomic mass is 10.1. The monoisotopic (exact) mass is 250 g/mol. The normalized spacial score (nSPS) is 10.3. The molecule has 0 saturated carbocycles. The predicted octanol–water partition coefficient (Wildman–Crippen LogP) is 3.70. The van der Waals surface area contributed by atoms with Crippen LogP contribution >= 0.6 is 11.6 Å². The van der Waals surface area contributed by atoms with Gasteiger partial charge in [-0.25, -0.2) is 4.79 Å². The molecule has 0 fully saturated rings. The lowest BCUT2D eigenvalue weighted by Gasteiger charge is -1.98. The quantitative estimate of drug-likeness (QED) is 0.763. The number of halogens is 1. The van der Waals surface area contributed by atoms with Crippen molar-refractivity contribution in [2.24, 2.45) is 0 Å². The van der Waals surface area contributed by atoms with Crippen molar-refractivity contribution in [2.45, 2.75) is 6.92 Å². The van der Waals surface area contributed by atoms with E-state index in [2.05, 4.69) is 4.74 Å². The average Bonchev–Trinajstić information content (AvgIpc) is 2.71. The van der Waals surface area contributed by atoms with Gasteiger partial charge in [0.1, 0.15) is 17.1 Å². The van der Waals surface area contributed by atoms with Crippen LogP contribution in [-0.2, 0) is 4.74 Å². The van der Waals surface area contributed by atoms with E-state index in [4.69, 9.17) is 16.0 Å². The van der Waals surface area contributed by atoms with Gasteiger partial charge in [0.15, 0.2) is 0 Å². The van der Waals surface area contributed by atoms with Crippen LogP contribution in [0.2, 0.25) is 5.02 Å². The van der Waals surface area contributed by atoms with Gasteiger partial charge >= 0.3 is 5.97 Å². The molecule has 2 rings (SSSR count). The maximum atomic E-state index is 11.4. The van der Waals surface area contributed by atoms with Gasteiger partial charge in [-0.3, -0.25) is 0 Å². The summed E-state index contributed by atoms with van der Waals surface area (Å²) in [7, 11) is 1.34. The van der Waals surface area contributed by atoms with Crippen LogP contribution < -0.4 is 0 Å². The van der Waals surface area contributed by atoms with Gasteiger partial charge in [-0.15, -0.1) is 0 Å². The molecule has 0 saturated heterocycles. The van der Waals surface area contributed by atoms with Gasteiger partial charge in [0.05, 0.1) is 12.1 Å². The highest BCUT2D eigenvalue weighted by Gasteiger charge is 2.17. The number of methoxy groups -OCH3 is 1. The first-order valence-electron chi connectivity index (χ1n) is 5.07. The Hall–Kier alpha value is -1.74. The van der Waals surface area contributed by atoms with Gasteiger partial charge in [0.25, 0.3) is 0 Å². The van der Waals surface area contributed by atoms with Crippen LogP contribution in [-0.4, -0.2) is 13.1 Å². The third-order valence-corrected chi connectivity index (χ3v) is 2.79. The summed E-state index contributed by atoms with van der Waals surface area (Å²) in [6.45, 7) is 1.71. The summed E-state index contributed by atoms with van der Waals surface area (Å²) in [4.78, 5) is 11.4. The number of carbonyl (C=O) groups excluding carboxylic acids is 1. The zero-order chi connectivity index (χ0) is 12.4. The highest BCUT2D eigenvalue weighted by molar-refractivity contribution is 6.33. The highest BCUT2D eigenvalue weighted by atomic mass is 35.5. The van der Waals surface area contributed by atoms with E-state index in [9.17, 15) is 4.79 Å². The van der Waals surface area contributed by atoms with Crippen LogP contribution in [0.3, 0.4) is 0 Å². The zero-order valence-corrected chi connectivity index (χ0v) is 10.2. The molecule has 3 nitrogen and oxygen atoms in total. The molecule has 4 heteroatoms. The number of esters is 1. The largest absolute Gasteiger partial charge is 0.465 e. The Kier molecular flexibility index (Phi) is 3.20. The first kappa shape index (κ1) is 11.7. The highest BCUT2D eigenvalue weighted by Crippen LogP contribution is 2.31. The van der Waals surface area contributed by atoms with Crippen LogP contribution in [0.4, 0.5) is 0 Å². The van der Waals surface area contributed by atoms with E-state index < -0.39 is 5.97 Å². The fraction of sp³-hybridized carbons (Fsp3) is 0.154. The second kappa shape index (κ2) is 4.63. The summed E-state index contributed by atoms with van der Waals surface area (Å²) in [5.41, 5.74) is 1.18. The topological polar surface area (TPSA) is 39.4 Å². The minimum absolute atomic E-state index is 0.412. The molecule has 0 spiro atoms. The van der Waals surface area contributed by atoms with Crippen molar-refractivity contribution in [1.82, 2.24) is 0 Å². The summed E-state index contributed by atoms with van der Waals surface area (Å²) >= 11 is 6.06. The van der Waals surface area contributed by atoms with Crippen molar-refractivity contribution in [3.05, 3.63) is 46.7 Å². The predicted molar refractivity (Wildman–Crippen MR) is 65.2 cm³/mol. The molecule has 0 N–H and O–H groups in total. The maximum Gasteiger partial charge on any atom is 0.341 e. The van der Waals surface area contributed by atoms with Crippen molar-refractivity contribution >= 4 is 17.6 Å². The van der Waals surface area contributed by atoms with Crippen molar-refractivity contribution < 1.29 is 13.9 Å². The van der Waals surface area contributed by atoms with E-state index in [0.717, 1.165) is 5.56 Å². The molecular weight excluding hydrogens is 240 g/mol. The molecular formula is C13H11ClO3. The second-order valence-electron chi connectivity index (χ2n) is 3.55. The molecule has 0 radical (unpaired) electrons. The smallest absolute Gasteiger partial charge is 0.341 e. The fourth-order valence-electron chi connectivity index (χ4n) is 1.59.